The number of amides is 1. The van der Waals surface area contributed by atoms with Gasteiger partial charge >= 0.3 is 0 Å². The second-order valence-corrected chi connectivity index (χ2v) is 8.31. The highest BCUT2D eigenvalue weighted by atomic mass is 16.2. The van der Waals surface area contributed by atoms with Crippen molar-refractivity contribution in [2.24, 2.45) is 4.99 Å². The zero-order valence-corrected chi connectivity index (χ0v) is 18.2. The SMILES string of the molecule is CCNC(=NCc1ccc(C(=O)N(C)C)cc1)NCC(C)(C)N1CCCCC1. The third-order valence-electron chi connectivity index (χ3n) is 5.27. The Morgan fingerprint density at radius 3 is 2.32 bits per heavy atom. The summed E-state index contributed by atoms with van der Waals surface area (Å²) in [6.45, 7) is 11.3. The van der Waals surface area contributed by atoms with E-state index in [1.807, 2.05) is 24.3 Å². The summed E-state index contributed by atoms with van der Waals surface area (Å²) in [5.41, 5.74) is 1.89. The number of guanidine groups is 1. The van der Waals surface area contributed by atoms with Crippen LogP contribution in [0.3, 0.4) is 0 Å². The normalized spacial score (nSPS) is 16.0. The number of piperidine rings is 1. The first-order valence-corrected chi connectivity index (χ1v) is 10.4. The van der Waals surface area contributed by atoms with Crippen molar-refractivity contribution in [1.82, 2.24) is 20.4 Å². The molecule has 1 aliphatic rings. The molecule has 0 aromatic heterocycles. The molecule has 1 aromatic carbocycles. The Hall–Kier alpha value is -2.08. The maximum absolute atomic E-state index is 12.0. The van der Waals surface area contributed by atoms with Crippen LogP contribution in [0.25, 0.3) is 0 Å². The van der Waals surface area contributed by atoms with Crippen molar-refractivity contribution in [1.29, 1.82) is 0 Å². The monoisotopic (exact) mass is 387 g/mol. The van der Waals surface area contributed by atoms with Crippen molar-refractivity contribution >= 4 is 11.9 Å². The van der Waals surface area contributed by atoms with Gasteiger partial charge < -0.3 is 15.5 Å². The molecule has 1 aromatic rings. The van der Waals surface area contributed by atoms with Crippen molar-refractivity contribution in [3.05, 3.63) is 35.4 Å². The van der Waals surface area contributed by atoms with E-state index in [1.165, 1.54) is 32.4 Å². The average molecular weight is 388 g/mol. The van der Waals surface area contributed by atoms with Crippen molar-refractivity contribution < 1.29 is 4.79 Å². The number of hydrogen-bond acceptors (Lipinski definition) is 3. The van der Waals surface area contributed by atoms with Gasteiger partial charge in [0.05, 0.1) is 6.54 Å². The van der Waals surface area contributed by atoms with Gasteiger partial charge in [-0.1, -0.05) is 18.6 Å². The fourth-order valence-electron chi connectivity index (χ4n) is 3.43. The van der Waals surface area contributed by atoms with Crippen LogP contribution in [0.2, 0.25) is 0 Å². The van der Waals surface area contributed by atoms with Crippen LogP contribution in [0.15, 0.2) is 29.3 Å². The molecule has 0 bridgehead atoms. The highest BCUT2D eigenvalue weighted by Gasteiger charge is 2.27. The standard InChI is InChI=1S/C22H37N5O/c1-6-23-21(25-17-22(2,3)27-14-8-7-9-15-27)24-16-18-10-12-19(13-11-18)20(28)26(4)5/h10-13H,6-9,14-17H2,1-5H3,(H2,23,24,25). The Kier molecular flexibility index (Phi) is 8.30. The summed E-state index contributed by atoms with van der Waals surface area (Å²) in [4.78, 5) is 20.9. The molecule has 1 heterocycles. The predicted octanol–water partition coefficient (Wildman–Crippen LogP) is 2.71. The molecular formula is C22H37N5O. The van der Waals surface area contributed by atoms with Gasteiger partial charge in [-0.2, -0.15) is 0 Å². The molecule has 1 saturated heterocycles. The topological polar surface area (TPSA) is 60.0 Å². The number of hydrogen-bond donors (Lipinski definition) is 2. The number of aliphatic imine (C=N–C) groups is 1. The molecule has 2 N–H and O–H groups in total. The van der Waals surface area contributed by atoms with E-state index in [4.69, 9.17) is 4.99 Å². The van der Waals surface area contributed by atoms with Gasteiger partial charge in [0.25, 0.3) is 5.91 Å². The highest BCUT2D eigenvalue weighted by molar-refractivity contribution is 5.93. The fourth-order valence-corrected chi connectivity index (χ4v) is 3.43. The lowest BCUT2D eigenvalue weighted by atomic mass is 9.98. The Bertz CT molecular complexity index is 645. The first-order valence-electron chi connectivity index (χ1n) is 10.4. The zero-order valence-electron chi connectivity index (χ0n) is 18.2. The van der Waals surface area contributed by atoms with E-state index in [-0.39, 0.29) is 11.4 Å². The zero-order chi connectivity index (χ0) is 20.6. The lowest BCUT2D eigenvalue weighted by Gasteiger charge is -2.41. The summed E-state index contributed by atoms with van der Waals surface area (Å²) in [6.07, 6.45) is 3.94. The molecule has 0 radical (unpaired) electrons. The summed E-state index contributed by atoms with van der Waals surface area (Å²) in [5.74, 6) is 0.853. The smallest absolute Gasteiger partial charge is 0.253 e. The molecule has 0 spiro atoms. The summed E-state index contributed by atoms with van der Waals surface area (Å²) >= 11 is 0. The molecule has 6 nitrogen and oxygen atoms in total. The van der Waals surface area contributed by atoms with E-state index >= 15 is 0 Å². The Morgan fingerprint density at radius 1 is 1.11 bits per heavy atom. The first-order chi connectivity index (χ1) is 13.3. The molecule has 0 aliphatic carbocycles. The number of carbonyl (C=O) groups excluding carboxylic acids is 1. The lowest BCUT2D eigenvalue weighted by Crippen LogP contribution is -2.54. The Morgan fingerprint density at radius 2 is 1.75 bits per heavy atom. The van der Waals surface area contributed by atoms with Crippen LogP contribution in [0.4, 0.5) is 0 Å². The van der Waals surface area contributed by atoms with Gasteiger partial charge in [-0.3, -0.25) is 9.69 Å². The molecule has 1 amide bonds. The molecule has 0 saturated carbocycles. The second-order valence-electron chi connectivity index (χ2n) is 8.31. The summed E-state index contributed by atoms with van der Waals surface area (Å²) in [7, 11) is 3.53. The number of likely N-dealkylation sites (tertiary alicyclic amines) is 1. The second kappa shape index (κ2) is 10.5. The number of carbonyl (C=O) groups is 1. The minimum absolute atomic E-state index is 0.0185. The van der Waals surface area contributed by atoms with Crippen LogP contribution in [0.1, 0.15) is 56.0 Å². The van der Waals surface area contributed by atoms with Crippen molar-refractivity contribution in [3.63, 3.8) is 0 Å². The largest absolute Gasteiger partial charge is 0.357 e. The van der Waals surface area contributed by atoms with E-state index < -0.39 is 0 Å². The maximum Gasteiger partial charge on any atom is 0.253 e. The van der Waals surface area contributed by atoms with Crippen LogP contribution in [0.5, 0.6) is 0 Å². The molecule has 1 aliphatic heterocycles. The minimum Gasteiger partial charge on any atom is -0.357 e. The average Bonchev–Trinajstić information content (AvgIpc) is 2.70. The molecule has 1 fully saturated rings. The van der Waals surface area contributed by atoms with Gasteiger partial charge in [0.2, 0.25) is 0 Å². The molecule has 6 heteroatoms. The van der Waals surface area contributed by atoms with Crippen molar-refractivity contribution in [3.8, 4) is 0 Å². The van der Waals surface area contributed by atoms with E-state index in [0.29, 0.717) is 12.1 Å². The third-order valence-corrected chi connectivity index (χ3v) is 5.27. The highest BCUT2D eigenvalue weighted by Crippen LogP contribution is 2.19. The van der Waals surface area contributed by atoms with Crippen LogP contribution in [-0.2, 0) is 6.54 Å². The van der Waals surface area contributed by atoms with Gasteiger partial charge in [-0.05, 0) is 64.4 Å². The summed E-state index contributed by atoms with van der Waals surface area (Å²) in [6, 6.07) is 7.68. The predicted molar refractivity (Wildman–Crippen MR) is 117 cm³/mol. The third kappa shape index (κ3) is 6.51. The van der Waals surface area contributed by atoms with E-state index in [2.05, 4.69) is 36.3 Å². The molecule has 156 valence electrons. The summed E-state index contributed by atoms with van der Waals surface area (Å²) in [5, 5.41) is 6.84. The number of nitrogens with one attached hydrogen (secondary N) is 2. The van der Waals surface area contributed by atoms with Crippen LogP contribution in [-0.4, -0.2) is 67.5 Å². The minimum atomic E-state index is 0.0185. The van der Waals surface area contributed by atoms with Gasteiger partial charge in [-0.25, -0.2) is 4.99 Å². The van der Waals surface area contributed by atoms with Crippen molar-refractivity contribution in [2.75, 3.05) is 40.3 Å². The van der Waals surface area contributed by atoms with Gasteiger partial charge in [0.15, 0.2) is 5.96 Å². The van der Waals surface area contributed by atoms with Gasteiger partial charge in [0, 0.05) is 38.3 Å². The number of benzene rings is 1. The molecule has 0 unspecified atom stereocenters. The van der Waals surface area contributed by atoms with Crippen molar-refractivity contribution in [2.45, 2.75) is 52.1 Å². The van der Waals surface area contributed by atoms with E-state index in [0.717, 1.165) is 24.6 Å². The molecular weight excluding hydrogens is 350 g/mol. The maximum atomic E-state index is 12.0. The Labute approximate surface area is 170 Å². The van der Waals surface area contributed by atoms with Gasteiger partial charge in [-0.15, -0.1) is 0 Å². The number of nitrogens with zero attached hydrogens (tertiary/aromatic N) is 3. The van der Waals surface area contributed by atoms with Crippen LogP contribution < -0.4 is 10.6 Å². The number of rotatable bonds is 7. The molecule has 0 atom stereocenters. The van der Waals surface area contributed by atoms with E-state index in [1.54, 1.807) is 19.0 Å². The summed E-state index contributed by atoms with van der Waals surface area (Å²) < 4.78 is 0. The quantitative estimate of drug-likeness (QED) is 0.558. The van der Waals surface area contributed by atoms with Crippen LogP contribution >= 0.6 is 0 Å². The lowest BCUT2D eigenvalue weighted by molar-refractivity contribution is 0.0827. The van der Waals surface area contributed by atoms with Crippen LogP contribution in [0, 0.1) is 0 Å². The van der Waals surface area contributed by atoms with Gasteiger partial charge in [0.1, 0.15) is 0 Å². The molecule has 28 heavy (non-hydrogen) atoms. The Balaban J connectivity index is 1.95. The van der Waals surface area contributed by atoms with E-state index in [9.17, 15) is 4.79 Å². The fraction of sp³-hybridized carbons (Fsp3) is 0.636. The first kappa shape index (κ1) is 22.2. The molecule has 2 rings (SSSR count).